The molecular weight excluding hydrogens is 695 g/mol. The van der Waals surface area contributed by atoms with Gasteiger partial charge in [-0.2, -0.15) is 21.4 Å². The number of thioether (sulfide) groups is 1. The van der Waals surface area contributed by atoms with Gasteiger partial charge in [0.2, 0.25) is 5.52 Å². The number of fused-ring (bicyclic) bond motifs is 3. The first-order chi connectivity index (χ1) is 22.5. The molecule has 242 valence electrons. The third-order valence-corrected chi connectivity index (χ3v) is 12.7. The lowest BCUT2D eigenvalue weighted by molar-refractivity contribution is -0.668. The predicted molar refractivity (Wildman–Crippen MR) is 192 cm³/mol. The maximum Gasteiger partial charge on any atom is 0.265 e. The van der Waals surface area contributed by atoms with Crippen molar-refractivity contribution in [2.75, 3.05) is 23.0 Å². The van der Waals surface area contributed by atoms with Gasteiger partial charge >= 0.3 is 0 Å². The van der Waals surface area contributed by atoms with Gasteiger partial charge in [-0.05, 0) is 70.8 Å². The van der Waals surface area contributed by atoms with Crippen LogP contribution < -0.4 is 9.47 Å². The van der Waals surface area contributed by atoms with Crippen molar-refractivity contribution in [3.63, 3.8) is 0 Å². The van der Waals surface area contributed by atoms with Gasteiger partial charge in [0.15, 0.2) is 6.54 Å². The molecule has 7 rings (SSSR count). The summed E-state index contributed by atoms with van der Waals surface area (Å²) in [5.74, 6) is -0.710. The SMILES string of the molecule is O=S(=O)(O)CCCN1C(=Cc2sc3ccc(-n4cccc4)cc3[n+]2CCCS(=O)(=O)O)Sc2ccc(-c3cccc4ccsc34)cc21. The minimum Gasteiger partial charge on any atom is -0.335 e. The lowest BCUT2D eigenvalue weighted by atomic mass is 10.0. The van der Waals surface area contributed by atoms with Crippen molar-refractivity contribution in [2.24, 2.45) is 0 Å². The van der Waals surface area contributed by atoms with Crippen molar-refractivity contribution >= 4 is 86.7 Å². The van der Waals surface area contributed by atoms with Crippen LogP contribution in [0.25, 0.3) is 43.2 Å². The molecule has 6 aromatic rings. The average molecular weight is 725 g/mol. The van der Waals surface area contributed by atoms with Crippen LogP contribution in [0.1, 0.15) is 17.8 Å². The smallest absolute Gasteiger partial charge is 0.265 e. The summed E-state index contributed by atoms with van der Waals surface area (Å²) in [4.78, 5) is 3.13. The molecule has 3 aromatic heterocycles. The van der Waals surface area contributed by atoms with Gasteiger partial charge in [0.05, 0.1) is 34.0 Å². The zero-order chi connectivity index (χ0) is 32.8. The number of aryl methyl sites for hydroxylation is 1. The van der Waals surface area contributed by atoms with E-state index in [1.807, 2.05) is 41.2 Å². The summed E-state index contributed by atoms with van der Waals surface area (Å²) in [6, 6.07) is 24.7. The van der Waals surface area contributed by atoms with E-state index in [0.29, 0.717) is 13.1 Å². The van der Waals surface area contributed by atoms with E-state index in [2.05, 4.69) is 69.5 Å². The summed E-state index contributed by atoms with van der Waals surface area (Å²) in [5.41, 5.74) is 5.04. The molecule has 2 N–H and O–H groups in total. The number of benzene rings is 3. The maximum absolute atomic E-state index is 11.6. The third-order valence-electron chi connectivity index (χ3n) is 7.95. The fourth-order valence-electron chi connectivity index (χ4n) is 5.84. The number of anilines is 1. The van der Waals surface area contributed by atoms with Crippen molar-refractivity contribution < 1.29 is 30.5 Å². The molecule has 0 saturated heterocycles. The van der Waals surface area contributed by atoms with E-state index in [-0.39, 0.29) is 24.3 Å². The number of hydrogen-bond acceptors (Lipinski definition) is 8. The summed E-state index contributed by atoms with van der Waals surface area (Å²) >= 11 is 4.85. The van der Waals surface area contributed by atoms with Crippen LogP contribution in [0, 0.1) is 0 Å². The Morgan fingerprint density at radius 2 is 1.64 bits per heavy atom. The van der Waals surface area contributed by atoms with Gasteiger partial charge in [-0.25, -0.2) is 0 Å². The second-order valence-electron chi connectivity index (χ2n) is 11.2. The number of aromatic nitrogens is 2. The number of rotatable bonds is 11. The van der Waals surface area contributed by atoms with E-state index in [1.54, 1.807) is 34.4 Å². The fourth-order valence-corrected chi connectivity index (χ4v) is 10.0. The molecule has 0 amide bonds. The monoisotopic (exact) mass is 724 g/mol. The average Bonchev–Trinajstić information content (AvgIpc) is 3.82. The molecule has 0 atom stereocenters. The van der Waals surface area contributed by atoms with E-state index >= 15 is 0 Å². The van der Waals surface area contributed by atoms with Gasteiger partial charge in [-0.3, -0.25) is 9.11 Å². The number of nitrogens with zero attached hydrogens (tertiary/aromatic N) is 3. The Kier molecular flexibility index (Phi) is 8.76. The van der Waals surface area contributed by atoms with Crippen molar-refractivity contribution in [3.8, 4) is 16.8 Å². The lowest BCUT2D eigenvalue weighted by Crippen LogP contribution is -2.36. The molecular formula is C33H30N3O6S5+. The molecule has 1 aliphatic heterocycles. The van der Waals surface area contributed by atoms with Gasteiger partial charge in [0, 0.05) is 41.0 Å². The zero-order valence-corrected chi connectivity index (χ0v) is 29.0. The van der Waals surface area contributed by atoms with E-state index in [0.717, 1.165) is 47.7 Å². The molecule has 9 nitrogen and oxygen atoms in total. The highest BCUT2D eigenvalue weighted by Crippen LogP contribution is 2.49. The molecule has 0 aliphatic carbocycles. The van der Waals surface area contributed by atoms with Gasteiger partial charge in [-0.15, -0.1) is 11.3 Å². The van der Waals surface area contributed by atoms with Crippen LogP contribution in [0.4, 0.5) is 5.69 Å². The van der Waals surface area contributed by atoms with Gasteiger partial charge < -0.3 is 9.47 Å². The minimum absolute atomic E-state index is 0.224. The summed E-state index contributed by atoms with van der Waals surface area (Å²) in [6.45, 7) is 0.729. The molecule has 1 aliphatic rings. The van der Waals surface area contributed by atoms with Gasteiger partial charge in [0.25, 0.3) is 25.2 Å². The summed E-state index contributed by atoms with van der Waals surface area (Å²) in [5, 5.41) is 5.04. The van der Waals surface area contributed by atoms with Crippen LogP contribution in [0.3, 0.4) is 0 Å². The summed E-state index contributed by atoms with van der Waals surface area (Å²) in [6.07, 6.45) is 6.43. The number of thiazole rings is 1. The molecule has 0 radical (unpaired) electrons. The topological polar surface area (TPSA) is 121 Å². The van der Waals surface area contributed by atoms with Crippen LogP contribution >= 0.6 is 34.4 Å². The van der Waals surface area contributed by atoms with E-state index < -0.39 is 20.2 Å². The molecule has 0 saturated carbocycles. The van der Waals surface area contributed by atoms with Crippen LogP contribution in [0.5, 0.6) is 0 Å². The third kappa shape index (κ3) is 7.04. The van der Waals surface area contributed by atoms with Crippen molar-refractivity contribution in [1.82, 2.24) is 4.57 Å². The molecule has 14 heteroatoms. The second-order valence-corrected chi connectivity index (χ2v) is 17.4. The van der Waals surface area contributed by atoms with Gasteiger partial charge in [-0.1, -0.05) is 47.4 Å². The standard InChI is InChI=1S/C33H29N3O6S5/c37-46(38,39)18-4-15-35-27-20-24(26-7-3-6-23-12-17-43-33(23)26)8-10-29(27)44-31(35)22-32-36(16-5-19-47(40,41)42)28-21-25(9-11-30(28)45-32)34-13-1-2-14-34/h1-3,6-14,17,20-22H,4-5,15-16,18-19H2,(H-,37,38,39,40,41,42)/p+1. The highest BCUT2D eigenvalue weighted by atomic mass is 32.2. The number of hydrogen-bond donors (Lipinski definition) is 2. The second kappa shape index (κ2) is 12.8. The Morgan fingerprint density at radius 3 is 2.43 bits per heavy atom. The molecule has 3 aromatic carbocycles. The van der Waals surface area contributed by atoms with Crippen LogP contribution in [-0.2, 0) is 26.8 Å². The largest absolute Gasteiger partial charge is 0.335 e. The first-order valence-corrected chi connectivity index (χ1v) is 20.5. The van der Waals surface area contributed by atoms with Gasteiger partial charge in [0.1, 0.15) is 4.70 Å². The Bertz CT molecular complexity index is 2360. The van der Waals surface area contributed by atoms with Crippen LogP contribution in [-0.4, -0.2) is 48.6 Å². The zero-order valence-electron chi connectivity index (χ0n) is 24.9. The highest BCUT2D eigenvalue weighted by Gasteiger charge is 2.29. The Balaban J connectivity index is 1.31. The van der Waals surface area contributed by atoms with E-state index in [1.165, 1.54) is 10.1 Å². The predicted octanol–water partition coefficient (Wildman–Crippen LogP) is 7.33. The van der Waals surface area contributed by atoms with Crippen molar-refractivity contribution in [1.29, 1.82) is 0 Å². The van der Waals surface area contributed by atoms with E-state index in [4.69, 9.17) is 0 Å². The summed E-state index contributed by atoms with van der Waals surface area (Å²) < 4.78 is 71.7. The highest BCUT2D eigenvalue weighted by molar-refractivity contribution is 8.04. The number of thiophene rings is 1. The van der Waals surface area contributed by atoms with Crippen LogP contribution in [0.2, 0.25) is 0 Å². The lowest BCUT2D eigenvalue weighted by Gasteiger charge is -2.20. The Hall–Kier alpha value is -3.50. The normalized spacial score (nSPS) is 14.5. The van der Waals surface area contributed by atoms with Crippen molar-refractivity contribution in [2.45, 2.75) is 24.3 Å². The molecule has 4 heterocycles. The molecule has 0 unspecified atom stereocenters. The van der Waals surface area contributed by atoms with Crippen molar-refractivity contribution in [3.05, 3.63) is 101 Å². The molecule has 0 bridgehead atoms. The molecule has 0 spiro atoms. The Labute approximate surface area is 284 Å². The minimum atomic E-state index is -4.13. The quantitative estimate of drug-likeness (QED) is 0.105. The molecule has 0 fully saturated rings. The fraction of sp³-hybridized carbons (Fsp3) is 0.182. The maximum atomic E-state index is 11.6. The van der Waals surface area contributed by atoms with E-state index in [9.17, 15) is 25.9 Å². The Morgan fingerprint density at radius 1 is 0.851 bits per heavy atom. The first kappa shape index (κ1) is 32.1. The molecule has 47 heavy (non-hydrogen) atoms. The first-order valence-electron chi connectivity index (χ1n) is 14.8. The van der Waals surface area contributed by atoms with Crippen LogP contribution in [0.15, 0.2) is 100 Å². The summed E-state index contributed by atoms with van der Waals surface area (Å²) in [7, 11) is -8.26.